The molecule has 6 nitrogen and oxygen atoms in total. The van der Waals surface area contributed by atoms with Crippen molar-refractivity contribution in [3.8, 4) is 0 Å². The Morgan fingerprint density at radius 1 is 1.26 bits per heavy atom. The molecule has 0 saturated heterocycles. The van der Waals surface area contributed by atoms with Crippen molar-refractivity contribution in [3.05, 3.63) is 29.8 Å². The summed E-state index contributed by atoms with van der Waals surface area (Å²) >= 11 is 0. The molecule has 0 atom stereocenters. The lowest BCUT2D eigenvalue weighted by Crippen LogP contribution is -2.38. The predicted molar refractivity (Wildman–Crippen MR) is 69.3 cm³/mol. The summed E-state index contributed by atoms with van der Waals surface area (Å²) in [6, 6.07) is 5.58. The molecule has 106 valence electrons. The van der Waals surface area contributed by atoms with Crippen LogP contribution in [0.3, 0.4) is 0 Å². The first kappa shape index (κ1) is 15.6. The monoisotopic (exact) mass is 287 g/mol. The molecular formula is C12H17NO5S. The van der Waals surface area contributed by atoms with E-state index in [2.05, 4.69) is 4.72 Å². The number of aliphatic hydroxyl groups is 1. The quantitative estimate of drug-likeness (QED) is 0.701. The Kier molecular flexibility index (Phi) is 4.67. The second kappa shape index (κ2) is 5.68. The van der Waals surface area contributed by atoms with Gasteiger partial charge < -0.3 is 10.2 Å². The van der Waals surface area contributed by atoms with E-state index in [-0.39, 0.29) is 17.9 Å². The van der Waals surface area contributed by atoms with Crippen molar-refractivity contribution in [2.45, 2.75) is 30.8 Å². The van der Waals surface area contributed by atoms with E-state index in [1.165, 1.54) is 38.1 Å². The van der Waals surface area contributed by atoms with Crippen molar-refractivity contribution >= 4 is 16.0 Å². The maximum absolute atomic E-state index is 11.9. The molecule has 0 aliphatic heterocycles. The molecule has 0 saturated carbocycles. The van der Waals surface area contributed by atoms with Crippen molar-refractivity contribution in [1.29, 1.82) is 0 Å². The maximum atomic E-state index is 11.9. The van der Waals surface area contributed by atoms with Gasteiger partial charge in [-0.05, 0) is 31.5 Å². The Hall–Kier alpha value is -1.44. The summed E-state index contributed by atoms with van der Waals surface area (Å²) in [6.07, 6.45) is -0.155. The van der Waals surface area contributed by atoms with Crippen molar-refractivity contribution in [3.63, 3.8) is 0 Å². The van der Waals surface area contributed by atoms with Gasteiger partial charge >= 0.3 is 5.97 Å². The van der Waals surface area contributed by atoms with Crippen LogP contribution in [0.25, 0.3) is 0 Å². The van der Waals surface area contributed by atoms with E-state index in [1.54, 1.807) is 0 Å². The van der Waals surface area contributed by atoms with Crippen LogP contribution in [-0.4, -0.2) is 36.7 Å². The lowest BCUT2D eigenvalue weighted by Gasteiger charge is -2.17. The molecule has 0 fully saturated rings. The molecule has 1 aromatic rings. The first-order chi connectivity index (χ1) is 8.60. The van der Waals surface area contributed by atoms with E-state index in [1.807, 2.05) is 0 Å². The van der Waals surface area contributed by atoms with Gasteiger partial charge in [-0.2, -0.15) is 0 Å². The van der Waals surface area contributed by atoms with Crippen molar-refractivity contribution in [2.24, 2.45) is 0 Å². The van der Waals surface area contributed by atoms with E-state index in [4.69, 9.17) is 5.11 Å². The molecule has 1 aromatic carbocycles. The first-order valence-corrected chi connectivity index (χ1v) is 7.11. The molecular weight excluding hydrogens is 270 g/mol. The van der Waals surface area contributed by atoms with Gasteiger partial charge in [0.25, 0.3) is 0 Å². The van der Waals surface area contributed by atoms with E-state index in [9.17, 15) is 18.3 Å². The van der Waals surface area contributed by atoms with E-state index < -0.39 is 21.6 Å². The standard InChI is InChI=1S/C12H17NO5S/c1-12(2,16)8-13-19(17,18)10-5-3-9(4-6-10)7-11(14)15/h3-6,13,16H,7-8H2,1-2H3,(H,14,15). The number of hydrogen-bond donors (Lipinski definition) is 3. The normalized spacial score (nSPS) is 12.4. The summed E-state index contributed by atoms with van der Waals surface area (Å²) < 4.78 is 26.0. The minimum atomic E-state index is -3.70. The number of carbonyl (C=O) groups is 1. The second-order valence-electron chi connectivity index (χ2n) is 4.85. The third kappa shape index (κ3) is 5.37. The first-order valence-electron chi connectivity index (χ1n) is 5.63. The molecule has 0 aliphatic rings. The van der Waals surface area contributed by atoms with Gasteiger partial charge in [-0.3, -0.25) is 4.79 Å². The van der Waals surface area contributed by atoms with Gasteiger partial charge in [-0.25, -0.2) is 13.1 Å². The number of sulfonamides is 1. The number of hydrogen-bond acceptors (Lipinski definition) is 4. The van der Waals surface area contributed by atoms with Crippen molar-refractivity contribution < 1.29 is 23.4 Å². The van der Waals surface area contributed by atoms with Crippen LogP contribution in [0.4, 0.5) is 0 Å². The number of carboxylic acid groups (broad SMARTS) is 1. The van der Waals surface area contributed by atoms with Gasteiger partial charge in [-0.15, -0.1) is 0 Å². The van der Waals surface area contributed by atoms with E-state index in [0.717, 1.165) is 0 Å². The van der Waals surface area contributed by atoms with Crippen molar-refractivity contribution in [1.82, 2.24) is 4.72 Å². The molecule has 0 radical (unpaired) electrons. The fraction of sp³-hybridized carbons (Fsp3) is 0.417. The van der Waals surface area contributed by atoms with Crippen LogP contribution in [0.2, 0.25) is 0 Å². The van der Waals surface area contributed by atoms with E-state index >= 15 is 0 Å². The number of carboxylic acids is 1. The lowest BCUT2D eigenvalue weighted by molar-refractivity contribution is -0.136. The summed E-state index contributed by atoms with van der Waals surface area (Å²) in [6.45, 7) is 2.88. The minimum Gasteiger partial charge on any atom is -0.481 e. The third-order valence-corrected chi connectivity index (χ3v) is 3.70. The molecule has 0 aliphatic carbocycles. The highest BCUT2D eigenvalue weighted by Gasteiger charge is 2.19. The molecule has 0 bridgehead atoms. The second-order valence-corrected chi connectivity index (χ2v) is 6.62. The average Bonchev–Trinajstić information content (AvgIpc) is 2.26. The highest BCUT2D eigenvalue weighted by molar-refractivity contribution is 7.89. The summed E-state index contributed by atoms with van der Waals surface area (Å²) in [7, 11) is -3.70. The zero-order chi connectivity index (χ0) is 14.7. The van der Waals surface area contributed by atoms with Crippen LogP contribution < -0.4 is 4.72 Å². The minimum absolute atomic E-state index is 0.0332. The number of rotatable bonds is 6. The van der Waals surface area contributed by atoms with E-state index in [0.29, 0.717) is 5.56 Å². The van der Waals surface area contributed by atoms with Gasteiger partial charge in [0.1, 0.15) is 0 Å². The SMILES string of the molecule is CC(C)(O)CNS(=O)(=O)c1ccc(CC(=O)O)cc1. The summed E-state index contributed by atoms with van der Waals surface area (Å²) in [5.41, 5.74) is -0.620. The molecule has 19 heavy (non-hydrogen) atoms. The number of nitrogens with one attached hydrogen (secondary N) is 1. The molecule has 0 spiro atoms. The van der Waals surface area contributed by atoms with Crippen LogP contribution in [0.5, 0.6) is 0 Å². The van der Waals surface area contributed by atoms with Crippen LogP contribution in [0.1, 0.15) is 19.4 Å². The zero-order valence-corrected chi connectivity index (χ0v) is 11.6. The predicted octanol–water partition coefficient (Wildman–Crippen LogP) is 0.363. The fourth-order valence-corrected chi connectivity index (χ4v) is 2.52. The zero-order valence-electron chi connectivity index (χ0n) is 10.8. The van der Waals surface area contributed by atoms with Gasteiger partial charge in [0.2, 0.25) is 10.0 Å². The largest absolute Gasteiger partial charge is 0.481 e. The molecule has 0 amide bonds. The summed E-state index contributed by atoms with van der Waals surface area (Å²) in [5, 5.41) is 18.1. The smallest absolute Gasteiger partial charge is 0.307 e. The van der Waals surface area contributed by atoms with Crippen LogP contribution in [0.15, 0.2) is 29.2 Å². The number of aliphatic carboxylic acids is 1. The fourth-order valence-electron chi connectivity index (χ4n) is 1.32. The molecule has 0 heterocycles. The highest BCUT2D eigenvalue weighted by Crippen LogP contribution is 2.12. The van der Waals surface area contributed by atoms with Gasteiger partial charge in [0, 0.05) is 6.54 Å². The van der Waals surface area contributed by atoms with Gasteiger partial charge in [-0.1, -0.05) is 12.1 Å². The number of benzene rings is 1. The molecule has 0 aromatic heterocycles. The maximum Gasteiger partial charge on any atom is 0.307 e. The Bertz CT molecular complexity index is 542. The lowest BCUT2D eigenvalue weighted by atomic mass is 10.1. The molecule has 0 unspecified atom stereocenters. The molecule has 3 N–H and O–H groups in total. The Labute approximate surface area is 112 Å². The topological polar surface area (TPSA) is 104 Å². The third-order valence-electron chi connectivity index (χ3n) is 2.28. The summed E-state index contributed by atoms with van der Waals surface area (Å²) in [4.78, 5) is 10.5. The summed E-state index contributed by atoms with van der Waals surface area (Å²) in [5.74, 6) is -0.976. The highest BCUT2D eigenvalue weighted by atomic mass is 32.2. The van der Waals surface area contributed by atoms with Crippen molar-refractivity contribution in [2.75, 3.05) is 6.54 Å². The molecule has 7 heteroatoms. The van der Waals surface area contributed by atoms with Gasteiger partial charge in [0.05, 0.1) is 16.9 Å². The molecule has 1 rings (SSSR count). The average molecular weight is 287 g/mol. The van der Waals surface area contributed by atoms with Crippen LogP contribution >= 0.6 is 0 Å². The van der Waals surface area contributed by atoms with Crippen LogP contribution in [0, 0.1) is 0 Å². The Morgan fingerprint density at radius 2 is 1.79 bits per heavy atom. The van der Waals surface area contributed by atoms with Crippen LogP contribution in [-0.2, 0) is 21.2 Å². The Balaban J connectivity index is 2.82. The Morgan fingerprint density at radius 3 is 2.21 bits per heavy atom. The van der Waals surface area contributed by atoms with Gasteiger partial charge in [0.15, 0.2) is 0 Å².